The van der Waals surface area contributed by atoms with E-state index >= 15 is 0 Å². The van der Waals surface area contributed by atoms with Gasteiger partial charge < -0.3 is 15.5 Å². The van der Waals surface area contributed by atoms with Crippen molar-refractivity contribution < 1.29 is 9.59 Å². The Bertz CT molecular complexity index is 402. The minimum absolute atomic E-state index is 0.0332. The lowest BCUT2D eigenvalue weighted by Gasteiger charge is -2.28. The summed E-state index contributed by atoms with van der Waals surface area (Å²) in [6, 6.07) is 0.499. The van der Waals surface area contributed by atoms with E-state index in [0.29, 0.717) is 30.7 Å². The molecule has 0 spiro atoms. The number of nitrogens with zero attached hydrogens (tertiary/aromatic N) is 1. The largest absolute Gasteiger partial charge is 0.351 e. The highest BCUT2D eigenvalue weighted by molar-refractivity contribution is 5.82. The number of carbonyl (C=O) groups excluding carboxylic acids is 2. The molecule has 5 nitrogen and oxygen atoms in total. The van der Waals surface area contributed by atoms with Crippen LogP contribution in [-0.4, -0.2) is 48.4 Å². The summed E-state index contributed by atoms with van der Waals surface area (Å²) >= 11 is 0. The summed E-state index contributed by atoms with van der Waals surface area (Å²) in [6.45, 7) is 5.05. The Kier molecular flexibility index (Phi) is 4.48. The van der Waals surface area contributed by atoms with Gasteiger partial charge in [0.2, 0.25) is 11.8 Å². The summed E-state index contributed by atoms with van der Waals surface area (Å²) in [6.07, 6.45) is 5.71. The monoisotopic (exact) mass is 293 g/mol. The van der Waals surface area contributed by atoms with Gasteiger partial charge in [-0.05, 0) is 50.6 Å². The minimum Gasteiger partial charge on any atom is -0.351 e. The summed E-state index contributed by atoms with van der Waals surface area (Å²) in [7, 11) is 0. The summed E-state index contributed by atoms with van der Waals surface area (Å²) in [5.74, 6) is 1.43. The van der Waals surface area contributed by atoms with E-state index in [0.717, 1.165) is 32.5 Å². The van der Waals surface area contributed by atoms with Crippen LogP contribution in [0.5, 0.6) is 0 Å². The van der Waals surface area contributed by atoms with Gasteiger partial charge in [0.25, 0.3) is 0 Å². The predicted molar refractivity (Wildman–Crippen MR) is 80.7 cm³/mol. The third kappa shape index (κ3) is 3.76. The first-order chi connectivity index (χ1) is 10.1. The lowest BCUT2D eigenvalue weighted by molar-refractivity contribution is -0.128. The van der Waals surface area contributed by atoms with Gasteiger partial charge in [-0.1, -0.05) is 6.92 Å². The van der Waals surface area contributed by atoms with Gasteiger partial charge >= 0.3 is 0 Å². The SMILES string of the molecule is CC(CC(=O)NC1CC(=O)N(C2CC2)C1)C1CCNCC1. The minimum atomic E-state index is 0.0332. The Hall–Kier alpha value is -1.10. The summed E-state index contributed by atoms with van der Waals surface area (Å²) < 4.78 is 0. The van der Waals surface area contributed by atoms with Crippen molar-refractivity contribution in [2.45, 2.75) is 57.5 Å². The van der Waals surface area contributed by atoms with Crippen molar-refractivity contribution in [2.75, 3.05) is 19.6 Å². The Morgan fingerprint density at radius 3 is 2.71 bits per heavy atom. The standard InChI is InChI=1S/C16H27N3O2/c1-11(12-4-6-17-7-5-12)8-15(20)18-13-9-16(21)19(10-13)14-2-3-14/h11-14,17H,2-10H2,1H3,(H,18,20). The van der Waals surface area contributed by atoms with Crippen molar-refractivity contribution in [1.29, 1.82) is 0 Å². The quantitative estimate of drug-likeness (QED) is 0.791. The number of carbonyl (C=O) groups is 2. The van der Waals surface area contributed by atoms with Crippen LogP contribution in [0.2, 0.25) is 0 Å². The van der Waals surface area contributed by atoms with E-state index in [1.165, 1.54) is 12.8 Å². The number of piperidine rings is 1. The van der Waals surface area contributed by atoms with Crippen LogP contribution in [-0.2, 0) is 9.59 Å². The Morgan fingerprint density at radius 2 is 2.05 bits per heavy atom. The highest BCUT2D eigenvalue weighted by atomic mass is 16.2. The number of likely N-dealkylation sites (tertiary alicyclic amines) is 1. The Labute approximate surface area is 126 Å². The third-order valence-corrected chi connectivity index (χ3v) is 5.21. The molecule has 0 aromatic carbocycles. The van der Waals surface area contributed by atoms with Crippen LogP contribution in [0, 0.1) is 11.8 Å². The fraction of sp³-hybridized carbons (Fsp3) is 0.875. The van der Waals surface area contributed by atoms with Crippen molar-refractivity contribution in [1.82, 2.24) is 15.5 Å². The molecule has 2 unspecified atom stereocenters. The number of hydrogen-bond acceptors (Lipinski definition) is 3. The van der Waals surface area contributed by atoms with Gasteiger partial charge in [0, 0.05) is 25.4 Å². The van der Waals surface area contributed by atoms with Crippen molar-refractivity contribution in [3.05, 3.63) is 0 Å². The molecule has 2 atom stereocenters. The molecule has 2 amide bonds. The van der Waals surface area contributed by atoms with Gasteiger partial charge in [0.05, 0.1) is 6.04 Å². The Morgan fingerprint density at radius 1 is 1.33 bits per heavy atom. The van der Waals surface area contributed by atoms with E-state index in [1.807, 2.05) is 4.90 Å². The lowest BCUT2D eigenvalue weighted by Crippen LogP contribution is -2.39. The summed E-state index contributed by atoms with van der Waals surface area (Å²) in [4.78, 5) is 26.0. The molecule has 0 radical (unpaired) electrons. The average molecular weight is 293 g/mol. The second-order valence-corrected chi connectivity index (χ2v) is 7.01. The van der Waals surface area contributed by atoms with E-state index in [-0.39, 0.29) is 17.9 Å². The van der Waals surface area contributed by atoms with Crippen LogP contribution in [0.15, 0.2) is 0 Å². The fourth-order valence-corrected chi connectivity index (χ4v) is 3.73. The molecule has 1 saturated carbocycles. The van der Waals surface area contributed by atoms with Gasteiger partial charge in [-0.15, -0.1) is 0 Å². The van der Waals surface area contributed by atoms with Gasteiger partial charge in [0.15, 0.2) is 0 Å². The maximum Gasteiger partial charge on any atom is 0.225 e. The third-order valence-electron chi connectivity index (χ3n) is 5.21. The second-order valence-electron chi connectivity index (χ2n) is 7.01. The zero-order valence-corrected chi connectivity index (χ0v) is 12.9. The molecule has 0 aromatic rings. The number of nitrogens with one attached hydrogen (secondary N) is 2. The van der Waals surface area contributed by atoms with Crippen LogP contribution >= 0.6 is 0 Å². The molecule has 3 fully saturated rings. The molecule has 118 valence electrons. The normalized spacial score (nSPS) is 28.7. The second kappa shape index (κ2) is 6.34. The lowest BCUT2D eigenvalue weighted by atomic mass is 9.84. The molecule has 2 aliphatic heterocycles. The van der Waals surface area contributed by atoms with Crippen molar-refractivity contribution >= 4 is 11.8 Å². The van der Waals surface area contributed by atoms with E-state index in [4.69, 9.17) is 0 Å². The van der Waals surface area contributed by atoms with E-state index in [1.54, 1.807) is 0 Å². The molecule has 3 rings (SSSR count). The van der Waals surface area contributed by atoms with Gasteiger partial charge in [0.1, 0.15) is 0 Å². The first kappa shape index (κ1) is 14.8. The van der Waals surface area contributed by atoms with Crippen molar-refractivity contribution in [3.63, 3.8) is 0 Å². The molecule has 2 heterocycles. The molecule has 2 saturated heterocycles. The molecule has 21 heavy (non-hydrogen) atoms. The highest BCUT2D eigenvalue weighted by Crippen LogP contribution is 2.30. The fourth-order valence-electron chi connectivity index (χ4n) is 3.73. The summed E-state index contributed by atoms with van der Waals surface area (Å²) in [5.41, 5.74) is 0. The molecule has 3 aliphatic rings. The van der Waals surface area contributed by atoms with Gasteiger partial charge in [-0.3, -0.25) is 9.59 Å². The maximum atomic E-state index is 12.2. The topological polar surface area (TPSA) is 61.4 Å². The van der Waals surface area contributed by atoms with Crippen molar-refractivity contribution in [2.24, 2.45) is 11.8 Å². The van der Waals surface area contributed by atoms with E-state index in [2.05, 4.69) is 17.6 Å². The number of rotatable bonds is 5. The smallest absolute Gasteiger partial charge is 0.225 e. The number of amides is 2. The first-order valence-corrected chi connectivity index (χ1v) is 8.43. The van der Waals surface area contributed by atoms with E-state index in [9.17, 15) is 9.59 Å². The number of hydrogen-bond donors (Lipinski definition) is 2. The molecule has 1 aliphatic carbocycles. The highest BCUT2D eigenvalue weighted by Gasteiger charge is 2.39. The van der Waals surface area contributed by atoms with Crippen LogP contribution in [0.1, 0.15) is 45.4 Å². The molecule has 2 N–H and O–H groups in total. The van der Waals surface area contributed by atoms with Crippen LogP contribution < -0.4 is 10.6 Å². The zero-order chi connectivity index (χ0) is 14.8. The molecular formula is C16H27N3O2. The van der Waals surface area contributed by atoms with Crippen LogP contribution in [0.4, 0.5) is 0 Å². The predicted octanol–water partition coefficient (Wildman–Crippen LogP) is 0.892. The van der Waals surface area contributed by atoms with Crippen LogP contribution in [0.3, 0.4) is 0 Å². The van der Waals surface area contributed by atoms with Crippen molar-refractivity contribution in [3.8, 4) is 0 Å². The molecule has 0 aromatic heterocycles. The Balaban J connectivity index is 1.42. The van der Waals surface area contributed by atoms with E-state index < -0.39 is 0 Å². The molecular weight excluding hydrogens is 266 g/mol. The molecule has 5 heteroatoms. The van der Waals surface area contributed by atoms with Gasteiger partial charge in [-0.2, -0.15) is 0 Å². The zero-order valence-electron chi connectivity index (χ0n) is 12.9. The van der Waals surface area contributed by atoms with Gasteiger partial charge in [-0.25, -0.2) is 0 Å². The maximum absolute atomic E-state index is 12.2. The van der Waals surface area contributed by atoms with Crippen LogP contribution in [0.25, 0.3) is 0 Å². The first-order valence-electron chi connectivity index (χ1n) is 8.43. The summed E-state index contributed by atoms with van der Waals surface area (Å²) in [5, 5.41) is 6.44. The average Bonchev–Trinajstić information content (AvgIpc) is 3.24. The molecule has 0 bridgehead atoms.